The van der Waals surface area contributed by atoms with E-state index in [0.29, 0.717) is 0 Å². The number of aromatic nitrogens is 2. The van der Waals surface area contributed by atoms with Gasteiger partial charge in [0.25, 0.3) is 0 Å². The van der Waals surface area contributed by atoms with Gasteiger partial charge in [-0.2, -0.15) is 0 Å². The maximum atomic E-state index is 2.46. The van der Waals surface area contributed by atoms with Gasteiger partial charge in [0.15, 0.2) is 0 Å². The summed E-state index contributed by atoms with van der Waals surface area (Å²) in [7, 11) is -1.85. The molecule has 3 heteroatoms. The summed E-state index contributed by atoms with van der Waals surface area (Å²) < 4.78 is 4.90. The van der Waals surface area contributed by atoms with Crippen LogP contribution in [0.1, 0.15) is 0 Å². The molecule has 10 aromatic carbocycles. The minimum Gasteiger partial charge on any atom is -0.309 e. The zero-order valence-corrected chi connectivity index (χ0v) is 34.2. The average molecular weight is 797 g/mol. The summed E-state index contributed by atoms with van der Waals surface area (Å²) in [5.41, 5.74) is 9.56. The predicted molar refractivity (Wildman–Crippen MR) is 258 cm³/mol. The molecule has 2 heterocycles. The molecule has 2 aromatic heterocycles. The summed E-state index contributed by atoms with van der Waals surface area (Å²) in [4.78, 5) is 5.24. The van der Waals surface area contributed by atoms with Crippen molar-refractivity contribution < 1.29 is 0 Å². The van der Waals surface area contributed by atoms with E-state index in [1.54, 1.807) is 0 Å². The van der Waals surface area contributed by atoms with Gasteiger partial charge in [-0.15, -0.1) is 10.0 Å². The first-order chi connectivity index (χ1) is 30.3. The fraction of sp³-hybridized carbons (Fsp3) is 0. The minimum absolute atomic E-state index is 1.15. The molecule has 0 aliphatic carbocycles. The summed E-state index contributed by atoms with van der Waals surface area (Å²) >= 11 is 0. The highest BCUT2D eigenvalue weighted by atomic mass is 32.3. The fourth-order valence-electron chi connectivity index (χ4n) is 9.75. The molecule has 12 aromatic rings. The molecule has 0 amide bonds. The van der Waals surface area contributed by atoms with Crippen LogP contribution in [0.3, 0.4) is 0 Å². The Balaban J connectivity index is 1.04. The molecule has 2 nitrogen and oxygen atoms in total. The first-order valence-electron chi connectivity index (χ1n) is 20.9. The smallest absolute Gasteiger partial charge is 0.0541 e. The lowest BCUT2D eigenvalue weighted by atomic mass is 10.0. The number of benzene rings is 10. The standard InChI is InChI=1S/C58H40N2S/c1-4-21-45(22-5-1)61(46-23-6-2-7-24-46,47-25-8-3-9-26-47)48-27-17-20-44(40-48)59-55-31-14-12-29-50(55)52-38-42(34-36-57(52)59)43-35-37-58-53(39-43)51-30-13-15-32-56(51)60(58)54-33-16-19-41-18-10-11-28-49(41)54/h1-40H. The number of hydrogen-bond acceptors (Lipinski definition) is 0. The zero-order valence-electron chi connectivity index (χ0n) is 33.4. The summed E-state index contributed by atoms with van der Waals surface area (Å²) in [5, 5.41) is 7.48. The second-order valence-electron chi connectivity index (χ2n) is 15.7. The Hall–Kier alpha value is -7.59. The highest BCUT2D eigenvalue weighted by Crippen LogP contribution is 2.73. The van der Waals surface area contributed by atoms with Gasteiger partial charge in [-0.3, -0.25) is 0 Å². The number of para-hydroxylation sites is 2. The van der Waals surface area contributed by atoms with Gasteiger partial charge in [-0.1, -0.05) is 146 Å². The molecule has 0 fully saturated rings. The second kappa shape index (κ2) is 14.3. The van der Waals surface area contributed by atoms with Crippen LogP contribution in [0, 0.1) is 0 Å². The molecule has 288 valence electrons. The largest absolute Gasteiger partial charge is 0.309 e. The van der Waals surface area contributed by atoms with E-state index < -0.39 is 10.0 Å². The van der Waals surface area contributed by atoms with Gasteiger partial charge >= 0.3 is 0 Å². The first-order valence-corrected chi connectivity index (χ1v) is 22.5. The van der Waals surface area contributed by atoms with Crippen molar-refractivity contribution in [2.45, 2.75) is 19.6 Å². The molecule has 0 saturated carbocycles. The third-order valence-corrected chi connectivity index (χ3v) is 16.3. The average Bonchev–Trinajstić information content (AvgIpc) is 3.85. The summed E-state index contributed by atoms with van der Waals surface area (Å²) in [5.74, 6) is 0. The molecule has 12 rings (SSSR count). The van der Waals surface area contributed by atoms with E-state index in [-0.39, 0.29) is 0 Å². The number of nitrogens with zero attached hydrogens (tertiary/aromatic N) is 2. The van der Waals surface area contributed by atoms with E-state index in [4.69, 9.17) is 0 Å². The highest BCUT2D eigenvalue weighted by molar-refractivity contribution is 8.34. The van der Waals surface area contributed by atoms with Crippen molar-refractivity contribution in [3.8, 4) is 22.5 Å². The maximum absolute atomic E-state index is 2.46. The van der Waals surface area contributed by atoms with E-state index in [9.17, 15) is 0 Å². The molecule has 0 spiro atoms. The van der Waals surface area contributed by atoms with Crippen molar-refractivity contribution in [3.63, 3.8) is 0 Å². The number of fused-ring (bicyclic) bond motifs is 7. The molecule has 61 heavy (non-hydrogen) atoms. The van der Waals surface area contributed by atoms with Gasteiger partial charge in [0.1, 0.15) is 0 Å². The molecule has 0 bridgehead atoms. The Morgan fingerprint density at radius 1 is 0.262 bits per heavy atom. The fourth-order valence-corrected chi connectivity index (χ4v) is 13.7. The number of hydrogen-bond donors (Lipinski definition) is 0. The SMILES string of the molecule is c1ccc(S(c2ccccc2)(c2ccccc2)c2cccc(-n3c4ccccc4c4cc(-c5ccc6c(c5)c5ccccc5n6-c5cccc6ccccc56)ccc43)c2)cc1. The van der Waals surface area contributed by atoms with Crippen LogP contribution in [-0.4, -0.2) is 9.13 Å². The molecule has 0 aliphatic rings. The topological polar surface area (TPSA) is 9.86 Å². The first kappa shape index (κ1) is 35.4. The Kier molecular flexibility index (Phi) is 8.29. The van der Waals surface area contributed by atoms with Gasteiger partial charge in [0, 0.05) is 52.2 Å². The lowest BCUT2D eigenvalue weighted by Crippen LogP contribution is -2.06. The lowest BCUT2D eigenvalue weighted by molar-refractivity contribution is 1.15. The monoisotopic (exact) mass is 796 g/mol. The summed E-state index contributed by atoms with van der Waals surface area (Å²) in [6, 6.07) is 89.6. The van der Waals surface area contributed by atoms with E-state index in [2.05, 4.69) is 252 Å². The normalized spacial score (nSPS) is 12.2. The number of rotatable bonds is 7. The highest BCUT2D eigenvalue weighted by Gasteiger charge is 2.33. The van der Waals surface area contributed by atoms with Gasteiger partial charge in [0.05, 0.1) is 27.8 Å². The quantitative estimate of drug-likeness (QED) is 0.152. The Morgan fingerprint density at radius 3 is 1.28 bits per heavy atom. The molecule has 0 aliphatic heterocycles. The van der Waals surface area contributed by atoms with Crippen LogP contribution < -0.4 is 0 Å². The third-order valence-electron chi connectivity index (χ3n) is 12.4. The molecule has 0 N–H and O–H groups in total. The third kappa shape index (κ3) is 5.51. The maximum Gasteiger partial charge on any atom is 0.0541 e. The van der Waals surface area contributed by atoms with Crippen LogP contribution in [0.2, 0.25) is 0 Å². The van der Waals surface area contributed by atoms with Crippen LogP contribution in [0.15, 0.2) is 262 Å². The molecular weight excluding hydrogens is 757 g/mol. The van der Waals surface area contributed by atoms with Crippen molar-refractivity contribution in [1.82, 2.24) is 9.13 Å². The van der Waals surface area contributed by atoms with Crippen LogP contribution in [0.4, 0.5) is 0 Å². The van der Waals surface area contributed by atoms with Crippen molar-refractivity contribution >= 4 is 64.4 Å². The van der Waals surface area contributed by atoms with Crippen molar-refractivity contribution in [1.29, 1.82) is 0 Å². The van der Waals surface area contributed by atoms with Gasteiger partial charge in [0.2, 0.25) is 0 Å². The van der Waals surface area contributed by atoms with Gasteiger partial charge in [-0.25, -0.2) is 0 Å². The molecule has 0 saturated heterocycles. The van der Waals surface area contributed by atoms with Gasteiger partial charge in [-0.05, 0) is 114 Å². The summed E-state index contributed by atoms with van der Waals surface area (Å²) in [6.07, 6.45) is 0. The molecular formula is C58H40N2S. The zero-order chi connectivity index (χ0) is 40.3. The predicted octanol–water partition coefficient (Wildman–Crippen LogP) is 16.0. The minimum atomic E-state index is -1.85. The van der Waals surface area contributed by atoms with E-state index in [0.717, 1.165) is 5.69 Å². The van der Waals surface area contributed by atoms with Crippen LogP contribution >= 0.6 is 10.0 Å². The van der Waals surface area contributed by atoms with Crippen LogP contribution in [-0.2, 0) is 0 Å². The Morgan fingerprint density at radius 2 is 0.689 bits per heavy atom. The van der Waals surface area contributed by atoms with Crippen molar-refractivity contribution in [2.75, 3.05) is 0 Å². The molecule has 0 radical (unpaired) electrons. The Bertz CT molecular complexity index is 3480. The summed E-state index contributed by atoms with van der Waals surface area (Å²) in [6.45, 7) is 0. The van der Waals surface area contributed by atoms with Gasteiger partial charge < -0.3 is 9.13 Å². The van der Waals surface area contributed by atoms with Crippen LogP contribution in [0.5, 0.6) is 0 Å². The Labute approximate surface area is 356 Å². The van der Waals surface area contributed by atoms with Crippen LogP contribution in [0.25, 0.3) is 76.9 Å². The van der Waals surface area contributed by atoms with E-state index in [1.165, 1.54) is 90.8 Å². The molecule has 0 unspecified atom stereocenters. The van der Waals surface area contributed by atoms with E-state index >= 15 is 0 Å². The second-order valence-corrected chi connectivity index (χ2v) is 18.8. The van der Waals surface area contributed by atoms with Crippen molar-refractivity contribution in [3.05, 3.63) is 243 Å². The van der Waals surface area contributed by atoms with E-state index in [1.807, 2.05) is 0 Å². The molecule has 0 atom stereocenters. The lowest BCUT2D eigenvalue weighted by Gasteiger charge is -2.42. The van der Waals surface area contributed by atoms with Crippen molar-refractivity contribution in [2.24, 2.45) is 0 Å².